The van der Waals surface area contributed by atoms with E-state index in [2.05, 4.69) is 15.3 Å². The van der Waals surface area contributed by atoms with Crippen molar-refractivity contribution >= 4 is 23.4 Å². The number of nitrogens with one attached hydrogen (secondary N) is 1. The lowest BCUT2D eigenvalue weighted by Gasteiger charge is -2.28. The van der Waals surface area contributed by atoms with Gasteiger partial charge in [0.15, 0.2) is 0 Å². The summed E-state index contributed by atoms with van der Waals surface area (Å²) in [6.07, 6.45) is 3.99. The third kappa shape index (κ3) is 3.64. The Hall–Kier alpha value is -1.69. The van der Waals surface area contributed by atoms with Crippen LogP contribution < -0.4 is 5.32 Å². The van der Waals surface area contributed by atoms with Crippen LogP contribution >= 0.6 is 11.6 Å². The average molecular weight is 283 g/mol. The van der Waals surface area contributed by atoms with Crippen LogP contribution in [0.1, 0.15) is 18.7 Å². The number of hydrogen-bond acceptors (Lipinski definition) is 4. The second-order valence-corrected chi connectivity index (χ2v) is 4.98. The fourth-order valence-corrected chi connectivity index (χ4v) is 2.06. The molecule has 0 aliphatic carbocycles. The normalized spacial score (nSPS) is 19.4. The maximum absolute atomic E-state index is 12.0. The third-order valence-electron chi connectivity index (χ3n) is 3.09. The number of halogens is 1. The van der Waals surface area contributed by atoms with Gasteiger partial charge in [-0.2, -0.15) is 0 Å². The minimum atomic E-state index is -0.157. The smallest absolute Gasteiger partial charge is 0.225 e. The molecule has 1 aliphatic heterocycles. The van der Waals surface area contributed by atoms with Gasteiger partial charge in [-0.05, 0) is 6.42 Å². The standard InChI is InChI=1S/C12H15ClN4O2/c1-17-7-8(2-3-11(17)18)12(19)16-6-10-14-4-9(13)5-15-10/h4-5,8H,2-3,6-7H2,1H3,(H,16,19). The maximum atomic E-state index is 12.0. The molecule has 2 rings (SSSR count). The first-order valence-electron chi connectivity index (χ1n) is 6.04. The van der Waals surface area contributed by atoms with Crippen LogP contribution in [-0.4, -0.2) is 40.3 Å². The average Bonchev–Trinajstić information content (AvgIpc) is 2.41. The Morgan fingerprint density at radius 3 is 2.84 bits per heavy atom. The molecular formula is C12H15ClN4O2. The zero-order valence-electron chi connectivity index (χ0n) is 10.6. The van der Waals surface area contributed by atoms with Gasteiger partial charge in [0, 0.05) is 32.4 Å². The highest BCUT2D eigenvalue weighted by molar-refractivity contribution is 6.30. The van der Waals surface area contributed by atoms with E-state index in [4.69, 9.17) is 11.6 Å². The Kier molecular flexibility index (Phi) is 4.31. The molecule has 1 N–H and O–H groups in total. The molecule has 0 bridgehead atoms. The van der Waals surface area contributed by atoms with Crippen LogP contribution in [0.15, 0.2) is 12.4 Å². The zero-order valence-corrected chi connectivity index (χ0v) is 11.4. The van der Waals surface area contributed by atoms with Crippen molar-refractivity contribution in [3.8, 4) is 0 Å². The van der Waals surface area contributed by atoms with Crippen LogP contribution in [0, 0.1) is 5.92 Å². The molecule has 0 spiro atoms. The number of carbonyl (C=O) groups excluding carboxylic acids is 2. The van der Waals surface area contributed by atoms with E-state index in [-0.39, 0.29) is 24.3 Å². The van der Waals surface area contributed by atoms with Crippen LogP contribution in [0.2, 0.25) is 5.02 Å². The minimum absolute atomic E-state index is 0.0714. The number of carbonyl (C=O) groups is 2. The van der Waals surface area contributed by atoms with Gasteiger partial charge >= 0.3 is 0 Å². The maximum Gasteiger partial charge on any atom is 0.225 e. The number of hydrogen-bond donors (Lipinski definition) is 1. The number of piperidine rings is 1. The largest absolute Gasteiger partial charge is 0.349 e. The summed E-state index contributed by atoms with van der Waals surface area (Å²) in [5, 5.41) is 3.24. The molecule has 1 aromatic rings. The molecule has 2 heterocycles. The quantitative estimate of drug-likeness (QED) is 0.882. The summed E-state index contributed by atoms with van der Waals surface area (Å²) in [5.74, 6) is 0.371. The lowest BCUT2D eigenvalue weighted by atomic mass is 9.97. The van der Waals surface area contributed by atoms with E-state index in [9.17, 15) is 9.59 Å². The lowest BCUT2D eigenvalue weighted by molar-refractivity contribution is -0.136. The van der Waals surface area contributed by atoms with Crippen molar-refractivity contribution in [2.75, 3.05) is 13.6 Å². The summed E-state index contributed by atoms with van der Waals surface area (Å²) in [6.45, 7) is 0.732. The second kappa shape index (κ2) is 5.97. The second-order valence-electron chi connectivity index (χ2n) is 4.55. The van der Waals surface area contributed by atoms with Crippen LogP contribution in [0.3, 0.4) is 0 Å². The van der Waals surface area contributed by atoms with Gasteiger partial charge < -0.3 is 10.2 Å². The van der Waals surface area contributed by atoms with Gasteiger partial charge in [-0.1, -0.05) is 11.6 Å². The van der Waals surface area contributed by atoms with Crippen LogP contribution in [0.25, 0.3) is 0 Å². The molecule has 0 radical (unpaired) electrons. The molecule has 0 aromatic carbocycles. The van der Waals surface area contributed by atoms with Gasteiger partial charge in [-0.15, -0.1) is 0 Å². The first-order chi connectivity index (χ1) is 9.06. The number of rotatable bonds is 3. The molecule has 102 valence electrons. The van der Waals surface area contributed by atoms with Gasteiger partial charge in [0.1, 0.15) is 5.82 Å². The molecule has 1 atom stereocenters. The highest BCUT2D eigenvalue weighted by Crippen LogP contribution is 2.16. The highest BCUT2D eigenvalue weighted by atomic mass is 35.5. The summed E-state index contributed by atoms with van der Waals surface area (Å²) < 4.78 is 0. The predicted octanol–water partition coefficient (Wildman–Crippen LogP) is 0.615. The van der Waals surface area contributed by atoms with Crippen molar-refractivity contribution in [2.45, 2.75) is 19.4 Å². The van der Waals surface area contributed by atoms with Gasteiger partial charge in [-0.25, -0.2) is 9.97 Å². The monoisotopic (exact) mass is 282 g/mol. The molecule has 0 saturated carbocycles. The first-order valence-corrected chi connectivity index (χ1v) is 6.42. The number of likely N-dealkylation sites (tertiary alicyclic amines) is 1. The summed E-state index contributed by atoms with van der Waals surface area (Å²) in [4.78, 5) is 32.9. The molecule has 19 heavy (non-hydrogen) atoms. The molecule has 1 fully saturated rings. The summed E-state index contributed by atoms with van der Waals surface area (Å²) in [5.41, 5.74) is 0. The van der Waals surface area contributed by atoms with E-state index in [0.717, 1.165) is 0 Å². The Morgan fingerprint density at radius 1 is 1.53 bits per heavy atom. The van der Waals surface area contributed by atoms with E-state index in [1.807, 2.05) is 0 Å². The predicted molar refractivity (Wildman–Crippen MR) is 69.2 cm³/mol. The fourth-order valence-electron chi connectivity index (χ4n) is 1.97. The van der Waals surface area contributed by atoms with E-state index in [1.165, 1.54) is 12.4 Å². The van der Waals surface area contributed by atoms with Crippen molar-refractivity contribution in [2.24, 2.45) is 5.92 Å². The molecule has 1 saturated heterocycles. The van der Waals surface area contributed by atoms with Gasteiger partial charge in [-0.3, -0.25) is 9.59 Å². The van der Waals surface area contributed by atoms with Gasteiger partial charge in [0.2, 0.25) is 11.8 Å². The highest BCUT2D eigenvalue weighted by Gasteiger charge is 2.27. The van der Waals surface area contributed by atoms with E-state index >= 15 is 0 Å². The van der Waals surface area contributed by atoms with Gasteiger partial charge in [0.25, 0.3) is 0 Å². The number of nitrogens with zero attached hydrogens (tertiary/aromatic N) is 3. The minimum Gasteiger partial charge on any atom is -0.349 e. The SMILES string of the molecule is CN1CC(C(=O)NCc2ncc(Cl)cn2)CCC1=O. The van der Waals surface area contributed by atoms with Crippen LogP contribution in [0.4, 0.5) is 0 Å². The van der Waals surface area contributed by atoms with Crippen LogP contribution in [0.5, 0.6) is 0 Å². The lowest BCUT2D eigenvalue weighted by Crippen LogP contribution is -2.43. The van der Waals surface area contributed by atoms with Crippen molar-refractivity contribution in [1.82, 2.24) is 20.2 Å². The van der Waals surface area contributed by atoms with E-state index in [1.54, 1.807) is 11.9 Å². The summed E-state index contributed by atoms with van der Waals surface area (Å²) in [6, 6.07) is 0. The third-order valence-corrected chi connectivity index (χ3v) is 3.29. The van der Waals surface area contributed by atoms with E-state index < -0.39 is 0 Å². The van der Waals surface area contributed by atoms with Gasteiger partial charge in [0.05, 0.1) is 17.5 Å². The van der Waals surface area contributed by atoms with Crippen LogP contribution in [-0.2, 0) is 16.1 Å². The Morgan fingerprint density at radius 2 is 2.21 bits per heavy atom. The summed E-state index contributed by atoms with van der Waals surface area (Å²) in [7, 11) is 1.71. The fraction of sp³-hybridized carbons (Fsp3) is 0.500. The Balaban J connectivity index is 1.84. The first kappa shape index (κ1) is 13.7. The van der Waals surface area contributed by atoms with Crippen molar-refractivity contribution in [3.05, 3.63) is 23.2 Å². The Bertz CT molecular complexity index is 477. The van der Waals surface area contributed by atoms with E-state index in [0.29, 0.717) is 30.2 Å². The molecule has 1 aliphatic rings. The molecule has 2 amide bonds. The van der Waals surface area contributed by atoms with Crippen molar-refractivity contribution < 1.29 is 9.59 Å². The topological polar surface area (TPSA) is 75.2 Å². The van der Waals surface area contributed by atoms with Crippen molar-refractivity contribution in [1.29, 1.82) is 0 Å². The molecule has 7 heteroatoms. The molecule has 6 nitrogen and oxygen atoms in total. The Labute approximate surface area is 116 Å². The van der Waals surface area contributed by atoms with Crippen molar-refractivity contribution in [3.63, 3.8) is 0 Å². The molecular weight excluding hydrogens is 268 g/mol. The zero-order chi connectivity index (χ0) is 13.8. The number of amides is 2. The summed E-state index contributed by atoms with van der Waals surface area (Å²) >= 11 is 5.68. The molecule has 1 aromatic heterocycles. The molecule has 1 unspecified atom stereocenters. The number of aromatic nitrogens is 2.